The van der Waals surface area contributed by atoms with E-state index in [1.807, 2.05) is 0 Å². The fourth-order valence-electron chi connectivity index (χ4n) is 4.43. The molecule has 6 atom stereocenters. The number of imidazole rings is 1. The number of ether oxygens (including phenoxy) is 2. The van der Waals surface area contributed by atoms with Crippen molar-refractivity contribution in [3.8, 4) is 0 Å². The summed E-state index contributed by atoms with van der Waals surface area (Å²) in [5.74, 6) is -0.0300. The van der Waals surface area contributed by atoms with Crippen molar-refractivity contribution in [1.82, 2.24) is 29.1 Å². The van der Waals surface area contributed by atoms with Crippen molar-refractivity contribution in [2.75, 3.05) is 18.9 Å². The molecule has 20 heteroatoms. The summed E-state index contributed by atoms with van der Waals surface area (Å²) in [6.45, 7) is 0.985. The summed E-state index contributed by atoms with van der Waals surface area (Å²) in [5, 5.41) is 25.5. The lowest BCUT2D eigenvalue weighted by atomic mass is 10.1. The van der Waals surface area contributed by atoms with Crippen molar-refractivity contribution >= 4 is 17.1 Å². The number of nitrogen functional groups attached to an aromatic ring is 1. The summed E-state index contributed by atoms with van der Waals surface area (Å²) in [4.78, 5) is 52.7. The average Bonchev–Trinajstić information content (AvgIpc) is 3.63. The molecule has 0 saturated carbocycles. The van der Waals surface area contributed by atoms with Gasteiger partial charge in [-0.3, -0.25) is 28.7 Å². The van der Waals surface area contributed by atoms with Crippen LogP contribution >= 0.6 is 0 Å². The van der Waals surface area contributed by atoms with E-state index in [1.165, 1.54) is 21.7 Å². The Bertz CT molecular complexity index is 1650. The second-order valence-electron chi connectivity index (χ2n) is 8.89. The number of anilines is 1. The fraction of sp³-hybridized carbons (Fsp3) is 0.550. The van der Waals surface area contributed by atoms with Gasteiger partial charge in [0.25, 0.3) is 11.1 Å². The number of rotatable bonds is 6. The molecule has 212 valence electrons. The van der Waals surface area contributed by atoms with Gasteiger partial charge in [0.1, 0.15) is 12.5 Å². The van der Waals surface area contributed by atoms with Gasteiger partial charge in [-0.15, -0.1) is 0 Å². The van der Waals surface area contributed by atoms with Crippen LogP contribution in [-0.4, -0.2) is 76.8 Å². The zero-order valence-corrected chi connectivity index (χ0v) is 20.9. The largest absolute Gasteiger partial charge is 0.394 e. The smallest absolute Gasteiger partial charge is 0.330 e. The first kappa shape index (κ1) is 28.3. The van der Waals surface area contributed by atoms with Gasteiger partial charge in [0.15, 0.2) is 11.2 Å². The molecule has 3 aromatic heterocycles. The zero-order chi connectivity index (χ0) is 29.0. The number of aryl methyl sites for hydroxylation is 1. The SMILES string of the molecule is Cc1cn([C@H]2C[C@H](N=[N+]=[N-])[C@@H](CO)O2)c(=O)[nH]c1=O.[N-]=[N+]=N[C@H]1C[C@H](n2cnc3c(=O)[nH]c(N)nc32)O[C@@H]1CO. The monoisotopic (exact) mass is 559 g/mol. The molecule has 0 bridgehead atoms. The summed E-state index contributed by atoms with van der Waals surface area (Å²) in [6, 6.07) is -1.04. The number of aliphatic hydroxyl groups is 2. The molecule has 3 aromatic rings. The Balaban J connectivity index is 0.000000186. The maximum Gasteiger partial charge on any atom is 0.330 e. The van der Waals surface area contributed by atoms with E-state index < -0.39 is 53.6 Å². The van der Waals surface area contributed by atoms with Crippen LogP contribution < -0.4 is 22.5 Å². The number of H-pyrrole nitrogens is 2. The highest BCUT2D eigenvalue weighted by atomic mass is 16.5. The summed E-state index contributed by atoms with van der Waals surface area (Å²) in [5.41, 5.74) is 21.8. The number of aromatic nitrogens is 6. The van der Waals surface area contributed by atoms with E-state index in [0.29, 0.717) is 12.0 Å². The third-order valence-corrected chi connectivity index (χ3v) is 6.39. The summed E-state index contributed by atoms with van der Waals surface area (Å²) in [6.07, 6.45) is 0.924. The van der Waals surface area contributed by atoms with E-state index in [9.17, 15) is 19.5 Å². The number of aliphatic hydroxyl groups excluding tert-OH is 2. The van der Waals surface area contributed by atoms with Crippen LogP contribution in [0.25, 0.3) is 32.0 Å². The van der Waals surface area contributed by atoms with Crippen LogP contribution in [0.2, 0.25) is 0 Å². The molecule has 0 amide bonds. The van der Waals surface area contributed by atoms with Crippen molar-refractivity contribution in [2.24, 2.45) is 10.2 Å². The number of hydrogen-bond donors (Lipinski definition) is 5. The van der Waals surface area contributed by atoms with Crippen LogP contribution in [0.15, 0.2) is 37.1 Å². The highest BCUT2D eigenvalue weighted by molar-refractivity contribution is 5.70. The van der Waals surface area contributed by atoms with Gasteiger partial charge in [-0.05, 0) is 18.0 Å². The second-order valence-corrected chi connectivity index (χ2v) is 8.89. The van der Waals surface area contributed by atoms with Gasteiger partial charge in [0.2, 0.25) is 5.95 Å². The first-order chi connectivity index (χ1) is 19.2. The number of nitrogens with zero attached hydrogens (tertiary/aromatic N) is 10. The Kier molecular flexibility index (Phi) is 8.49. The number of fused-ring (bicyclic) bond motifs is 1. The van der Waals surface area contributed by atoms with Crippen LogP contribution in [-0.2, 0) is 9.47 Å². The molecule has 0 spiro atoms. The highest BCUT2D eigenvalue weighted by Crippen LogP contribution is 2.32. The van der Waals surface area contributed by atoms with Crippen molar-refractivity contribution in [3.05, 3.63) is 70.2 Å². The highest BCUT2D eigenvalue weighted by Gasteiger charge is 2.37. The topological polar surface area (TPSA) is 301 Å². The van der Waals surface area contributed by atoms with E-state index >= 15 is 0 Å². The zero-order valence-electron chi connectivity index (χ0n) is 20.9. The number of nitrogens with one attached hydrogen (secondary N) is 2. The number of nitrogens with two attached hydrogens (primary N) is 1. The molecule has 5 rings (SSSR count). The summed E-state index contributed by atoms with van der Waals surface area (Å²) in [7, 11) is 0. The number of aromatic amines is 2. The van der Waals surface area contributed by atoms with Gasteiger partial charge >= 0.3 is 5.69 Å². The molecule has 0 aliphatic carbocycles. The van der Waals surface area contributed by atoms with Gasteiger partial charge in [0, 0.05) is 34.4 Å². The molecule has 0 unspecified atom stereocenters. The molecule has 0 radical (unpaired) electrons. The molecular formula is C20H25N13O7. The Labute approximate surface area is 222 Å². The van der Waals surface area contributed by atoms with Gasteiger partial charge in [-0.25, -0.2) is 9.78 Å². The van der Waals surface area contributed by atoms with Crippen LogP contribution in [0.1, 0.15) is 30.9 Å². The lowest BCUT2D eigenvalue weighted by Crippen LogP contribution is -2.33. The molecule has 2 saturated heterocycles. The van der Waals surface area contributed by atoms with Crippen LogP contribution in [0.5, 0.6) is 0 Å². The molecule has 2 fully saturated rings. The second kappa shape index (κ2) is 12.0. The molecule has 40 heavy (non-hydrogen) atoms. The van der Waals surface area contributed by atoms with Crippen molar-refractivity contribution in [3.63, 3.8) is 0 Å². The van der Waals surface area contributed by atoms with Crippen LogP contribution in [0.3, 0.4) is 0 Å². The lowest BCUT2D eigenvalue weighted by molar-refractivity contribution is -0.0271. The van der Waals surface area contributed by atoms with E-state index in [0.717, 1.165) is 0 Å². The Morgan fingerprint density at radius 1 is 1.02 bits per heavy atom. The van der Waals surface area contributed by atoms with Crippen LogP contribution in [0, 0.1) is 6.92 Å². The molecule has 5 heterocycles. The van der Waals surface area contributed by atoms with Crippen LogP contribution in [0.4, 0.5) is 5.95 Å². The minimum absolute atomic E-state index is 0.0300. The summed E-state index contributed by atoms with van der Waals surface area (Å²) >= 11 is 0. The minimum Gasteiger partial charge on any atom is -0.394 e. The molecule has 2 aliphatic heterocycles. The molecule has 20 nitrogen and oxygen atoms in total. The first-order valence-electron chi connectivity index (χ1n) is 11.9. The molecule has 2 aliphatic rings. The van der Waals surface area contributed by atoms with Crippen molar-refractivity contribution < 1.29 is 19.7 Å². The van der Waals surface area contributed by atoms with Crippen molar-refractivity contribution in [2.45, 2.75) is 56.5 Å². The minimum atomic E-state index is -0.671. The number of hydrogen-bond acceptors (Lipinski definition) is 12. The maximum absolute atomic E-state index is 11.7. The number of azide groups is 2. The predicted molar refractivity (Wildman–Crippen MR) is 136 cm³/mol. The quantitative estimate of drug-likeness (QED) is 0.146. The van der Waals surface area contributed by atoms with E-state index in [1.54, 1.807) is 6.92 Å². The van der Waals surface area contributed by atoms with Gasteiger partial charge < -0.3 is 25.4 Å². The van der Waals surface area contributed by atoms with Crippen molar-refractivity contribution in [1.29, 1.82) is 0 Å². The van der Waals surface area contributed by atoms with E-state index in [-0.39, 0.29) is 36.7 Å². The third-order valence-electron chi connectivity index (χ3n) is 6.39. The Morgan fingerprint density at radius 2 is 1.60 bits per heavy atom. The van der Waals surface area contributed by atoms with E-state index in [4.69, 9.17) is 31.4 Å². The average molecular weight is 560 g/mol. The Hall–Kier alpha value is -4.71. The van der Waals surface area contributed by atoms with Gasteiger partial charge in [-0.1, -0.05) is 10.2 Å². The standard InChI is InChI=1S/C10H12N8O3.C10H13N5O4/c11-10-14-8-7(9(20)15-10)13-3-18(8)6-1-4(16-17-12)5(2-19)21-6;1-5-3-15(10(18)12-9(5)17)8-2-6(13-14-11)7(4-16)19-8/h3-6,19H,1-2H2,(H3,11,14,15,20);3,6-8,16H,2,4H2,1H3,(H,12,17,18)/t4-,5+,6+;6-,7+,8+/m00/s1. The third kappa shape index (κ3) is 5.66. The lowest BCUT2D eigenvalue weighted by Gasteiger charge is -2.14. The van der Waals surface area contributed by atoms with Gasteiger partial charge in [-0.2, -0.15) is 4.98 Å². The maximum atomic E-state index is 11.7. The summed E-state index contributed by atoms with van der Waals surface area (Å²) < 4.78 is 13.9. The Morgan fingerprint density at radius 3 is 2.15 bits per heavy atom. The molecular weight excluding hydrogens is 534 g/mol. The molecule has 6 N–H and O–H groups in total. The predicted octanol–water partition coefficient (Wildman–Crippen LogP) is -0.536. The fourth-order valence-corrected chi connectivity index (χ4v) is 4.43. The van der Waals surface area contributed by atoms with E-state index in [2.05, 4.69) is 40.0 Å². The first-order valence-corrected chi connectivity index (χ1v) is 11.9. The normalized spacial score (nSPS) is 25.6. The molecule has 0 aromatic carbocycles. The van der Waals surface area contributed by atoms with Gasteiger partial charge in [0.05, 0.1) is 43.8 Å².